The summed E-state index contributed by atoms with van der Waals surface area (Å²) in [4.78, 5) is 28.0. The molecule has 206 valence electrons. The van der Waals surface area contributed by atoms with E-state index in [0.717, 1.165) is 34.8 Å². The SMILES string of the molecule is CCN(CC)c1ccc(C(=C2C(c3ccccc3)=[N+](C)c3ccccc32)c2ccccc2Cl)cc1.O=P([O-])([O-])[O-]. The summed E-state index contributed by atoms with van der Waals surface area (Å²) in [5.74, 6) is 0. The van der Waals surface area contributed by atoms with Crippen LogP contribution in [0.2, 0.25) is 5.02 Å². The molecule has 40 heavy (non-hydrogen) atoms. The fraction of sp³-hybridized carbons (Fsp3) is 0.156. The molecule has 0 unspecified atom stereocenters. The van der Waals surface area contributed by atoms with E-state index >= 15 is 0 Å². The van der Waals surface area contributed by atoms with Crippen LogP contribution in [-0.4, -0.2) is 30.4 Å². The molecule has 1 aliphatic rings. The van der Waals surface area contributed by atoms with Crippen molar-refractivity contribution in [1.29, 1.82) is 0 Å². The first kappa shape index (κ1) is 29.5. The summed E-state index contributed by atoms with van der Waals surface area (Å²) in [5.41, 5.74) is 10.6. The Hall–Kier alpha value is -3.51. The zero-order valence-electron chi connectivity index (χ0n) is 22.6. The minimum atomic E-state index is -5.39. The van der Waals surface area contributed by atoms with Crippen LogP contribution in [0, 0.1) is 0 Å². The van der Waals surface area contributed by atoms with Crippen molar-refractivity contribution in [3.8, 4) is 0 Å². The molecule has 0 saturated carbocycles. The van der Waals surface area contributed by atoms with Gasteiger partial charge in [0.15, 0.2) is 0 Å². The number of allylic oxidation sites excluding steroid dienone is 1. The van der Waals surface area contributed by atoms with Crippen LogP contribution in [0.25, 0.3) is 11.1 Å². The van der Waals surface area contributed by atoms with Crippen molar-refractivity contribution in [2.75, 3.05) is 25.0 Å². The molecule has 6 nitrogen and oxygen atoms in total. The third-order valence-corrected chi connectivity index (χ3v) is 7.16. The van der Waals surface area contributed by atoms with Gasteiger partial charge in [-0.15, -0.1) is 0 Å². The van der Waals surface area contributed by atoms with E-state index in [1.165, 1.54) is 33.8 Å². The molecule has 0 bridgehead atoms. The second kappa shape index (κ2) is 12.8. The van der Waals surface area contributed by atoms with Crippen LogP contribution in [-0.2, 0) is 4.57 Å². The highest BCUT2D eigenvalue weighted by Gasteiger charge is 2.36. The third kappa shape index (κ3) is 6.61. The van der Waals surface area contributed by atoms with Crippen LogP contribution in [0.4, 0.5) is 11.4 Å². The van der Waals surface area contributed by atoms with Gasteiger partial charge in [-0.3, -0.25) is 0 Å². The third-order valence-electron chi connectivity index (χ3n) is 6.83. The summed E-state index contributed by atoms with van der Waals surface area (Å²) >= 11 is 6.87. The highest BCUT2D eigenvalue weighted by atomic mass is 35.5. The minimum Gasteiger partial charge on any atom is -0.822 e. The lowest BCUT2D eigenvalue weighted by atomic mass is 9.86. The molecule has 1 aliphatic heterocycles. The van der Waals surface area contributed by atoms with Gasteiger partial charge in [0.2, 0.25) is 11.4 Å². The second-order valence-corrected chi connectivity index (χ2v) is 10.5. The van der Waals surface area contributed by atoms with E-state index in [9.17, 15) is 0 Å². The zero-order chi connectivity index (χ0) is 28.9. The van der Waals surface area contributed by atoms with Gasteiger partial charge in [0.05, 0.1) is 11.1 Å². The molecule has 4 aromatic rings. The van der Waals surface area contributed by atoms with Crippen molar-refractivity contribution < 1.29 is 23.8 Å². The molecule has 1 heterocycles. The lowest BCUT2D eigenvalue weighted by molar-refractivity contribution is -0.432. The van der Waals surface area contributed by atoms with Gasteiger partial charge in [0.25, 0.3) is 0 Å². The van der Waals surface area contributed by atoms with E-state index in [1.807, 2.05) is 12.1 Å². The number of rotatable bonds is 6. The van der Waals surface area contributed by atoms with Gasteiger partial charge in [-0.2, -0.15) is 12.4 Å². The Morgan fingerprint density at radius 3 is 1.95 bits per heavy atom. The molecule has 0 saturated heterocycles. The first-order chi connectivity index (χ1) is 19.1. The molecular weight excluding hydrogens is 543 g/mol. The van der Waals surface area contributed by atoms with Gasteiger partial charge in [-0.25, -0.2) is 0 Å². The van der Waals surface area contributed by atoms with Gasteiger partial charge in [0.1, 0.15) is 7.05 Å². The maximum atomic E-state index is 8.55. The fourth-order valence-corrected chi connectivity index (χ4v) is 5.34. The molecule has 0 atom stereocenters. The number of phosphoric acid groups is 1. The van der Waals surface area contributed by atoms with Crippen LogP contribution in [0.1, 0.15) is 36.1 Å². The first-order valence-electron chi connectivity index (χ1n) is 13.0. The molecule has 0 N–H and O–H groups in total. The average Bonchev–Trinajstić information content (AvgIpc) is 3.23. The minimum absolute atomic E-state index is 0.752. The predicted octanol–water partition coefficient (Wildman–Crippen LogP) is 5.10. The summed E-state index contributed by atoms with van der Waals surface area (Å²) in [6.07, 6.45) is 0. The maximum absolute atomic E-state index is 8.55. The topological polar surface area (TPSA) is 92.5 Å². The Morgan fingerprint density at radius 1 is 0.800 bits per heavy atom. The van der Waals surface area contributed by atoms with Crippen LogP contribution >= 0.6 is 19.4 Å². The van der Waals surface area contributed by atoms with Gasteiger partial charge < -0.3 is 24.1 Å². The molecule has 0 aliphatic carbocycles. The van der Waals surface area contributed by atoms with Gasteiger partial charge in [-0.1, -0.05) is 72.3 Å². The van der Waals surface area contributed by atoms with Crippen molar-refractivity contribution in [2.45, 2.75) is 13.8 Å². The van der Waals surface area contributed by atoms with Gasteiger partial charge in [-0.05, 0) is 55.8 Å². The van der Waals surface area contributed by atoms with E-state index in [4.69, 9.17) is 30.8 Å². The quantitative estimate of drug-likeness (QED) is 0.237. The number of benzene rings is 4. The number of anilines is 1. The number of fused-ring (bicyclic) bond motifs is 1. The monoisotopic (exact) mass is 572 g/mol. The van der Waals surface area contributed by atoms with E-state index in [0.29, 0.717) is 0 Å². The van der Waals surface area contributed by atoms with E-state index < -0.39 is 7.82 Å². The van der Waals surface area contributed by atoms with Gasteiger partial charge >= 0.3 is 0 Å². The number of nitrogens with zero attached hydrogens (tertiary/aromatic N) is 2. The molecule has 0 amide bonds. The predicted molar refractivity (Wildman–Crippen MR) is 158 cm³/mol. The van der Waals surface area contributed by atoms with Crippen molar-refractivity contribution in [3.05, 3.63) is 130 Å². The average molecular weight is 573 g/mol. The summed E-state index contributed by atoms with van der Waals surface area (Å²) in [7, 11) is -3.23. The summed E-state index contributed by atoms with van der Waals surface area (Å²) in [6, 6.07) is 36.4. The first-order valence-corrected chi connectivity index (χ1v) is 14.8. The Morgan fingerprint density at radius 2 is 1.35 bits per heavy atom. The Kier molecular flexibility index (Phi) is 9.41. The number of hydrogen-bond donors (Lipinski definition) is 0. The summed E-state index contributed by atoms with van der Waals surface area (Å²) in [6.45, 7) is 6.36. The van der Waals surface area contributed by atoms with Crippen LogP contribution in [0.15, 0.2) is 103 Å². The Balaban J connectivity index is 0.000000681. The molecule has 0 aromatic heterocycles. The highest BCUT2D eigenvalue weighted by molar-refractivity contribution is 7.40. The zero-order valence-corrected chi connectivity index (χ0v) is 24.2. The molecule has 0 spiro atoms. The van der Waals surface area contributed by atoms with E-state index in [1.54, 1.807) is 0 Å². The lowest BCUT2D eigenvalue weighted by Crippen LogP contribution is -2.24. The molecule has 5 rings (SSSR count). The smallest absolute Gasteiger partial charge is 0.221 e. The molecule has 0 radical (unpaired) electrons. The van der Waals surface area contributed by atoms with Crippen molar-refractivity contribution >= 4 is 47.7 Å². The lowest BCUT2D eigenvalue weighted by Gasteiger charge is -2.36. The normalized spacial score (nSPS) is 13.9. The Bertz CT molecular complexity index is 1580. The second-order valence-electron chi connectivity index (χ2n) is 9.19. The van der Waals surface area contributed by atoms with Crippen LogP contribution in [0.5, 0.6) is 0 Å². The largest absolute Gasteiger partial charge is 0.822 e. The van der Waals surface area contributed by atoms with Crippen LogP contribution in [0.3, 0.4) is 0 Å². The summed E-state index contributed by atoms with van der Waals surface area (Å²) < 4.78 is 10.9. The number of hydrogen-bond acceptors (Lipinski definition) is 5. The van der Waals surface area contributed by atoms with E-state index in [-0.39, 0.29) is 0 Å². The van der Waals surface area contributed by atoms with E-state index in [2.05, 4.69) is 121 Å². The molecular formula is C32H30ClN2O4P-2. The number of para-hydroxylation sites is 1. The molecule has 0 fully saturated rings. The molecule has 8 heteroatoms. The van der Waals surface area contributed by atoms with Crippen molar-refractivity contribution in [1.82, 2.24) is 0 Å². The highest BCUT2D eigenvalue weighted by Crippen LogP contribution is 2.44. The molecule has 4 aromatic carbocycles. The van der Waals surface area contributed by atoms with Gasteiger partial charge in [0, 0.05) is 46.6 Å². The van der Waals surface area contributed by atoms with Crippen LogP contribution < -0.4 is 19.6 Å². The number of halogens is 1. The standard InChI is InChI=1S/C32H30ClN2.H3O4P/c1-4-35(5-2)25-21-19-23(20-22-25)30(26-15-9-11-17-28(26)33)31-27-16-10-12-18-29(27)34(3)32(31)24-13-7-6-8-14-24;1-5(2,3)4/h6-22H,4-5H2,1-3H3;(H3,1,2,3,4)/q+1;/p-3. The Labute approximate surface area is 240 Å². The maximum Gasteiger partial charge on any atom is 0.221 e. The van der Waals surface area contributed by atoms with Crippen molar-refractivity contribution in [2.24, 2.45) is 0 Å². The summed E-state index contributed by atoms with van der Waals surface area (Å²) in [5, 5.41) is 0.752. The van der Waals surface area contributed by atoms with Crippen molar-refractivity contribution in [3.63, 3.8) is 0 Å². The fourth-order valence-electron chi connectivity index (χ4n) is 5.11.